The van der Waals surface area contributed by atoms with Crippen LogP contribution in [0, 0.1) is 5.82 Å². The largest absolute Gasteiger partial charge is 0.478 e. The Labute approximate surface area is 116 Å². The van der Waals surface area contributed by atoms with Crippen LogP contribution >= 0.6 is 0 Å². The van der Waals surface area contributed by atoms with Gasteiger partial charge in [0.05, 0.1) is 5.56 Å². The molecule has 0 radical (unpaired) electrons. The molecule has 0 aliphatic carbocycles. The molecule has 0 aliphatic rings. The van der Waals surface area contributed by atoms with Gasteiger partial charge in [-0.05, 0) is 42.5 Å². The maximum Gasteiger partial charge on any atom is 0.416 e. The Hall–Kier alpha value is -2.57. The molecule has 0 atom stereocenters. The van der Waals surface area contributed by atoms with Gasteiger partial charge in [0.2, 0.25) is 0 Å². The first-order valence-electron chi connectivity index (χ1n) is 5.65. The van der Waals surface area contributed by atoms with Crippen molar-refractivity contribution < 1.29 is 32.2 Å². The number of carbonyl (C=O) groups is 1. The lowest BCUT2D eigenvalue weighted by Crippen LogP contribution is -2.08. The second-order valence-corrected chi connectivity index (χ2v) is 4.07. The van der Waals surface area contributed by atoms with E-state index >= 15 is 0 Å². The predicted octanol–water partition coefficient (Wildman–Crippen LogP) is 4.34. The van der Waals surface area contributed by atoms with Crippen LogP contribution in [0.15, 0.2) is 42.5 Å². The molecule has 1 N–H and O–H groups in total. The van der Waals surface area contributed by atoms with Crippen LogP contribution in [0.3, 0.4) is 0 Å². The van der Waals surface area contributed by atoms with Gasteiger partial charge in [-0.2, -0.15) is 13.2 Å². The average molecular weight is 300 g/mol. The average Bonchev–Trinajstić information content (AvgIpc) is 2.40. The monoisotopic (exact) mass is 300 g/mol. The number of carboxylic acid groups (broad SMARTS) is 1. The van der Waals surface area contributed by atoms with Crippen LogP contribution in [-0.4, -0.2) is 11.1 Å². The maximum atomic E-state index is 12.7. The number of carboxylic acids is 1. The first-order valence-corrected chi connectivity index (χ1v) is 5.65. The van der Waals surface area contributed by atoms with E-state index in [1.165, 1.54) is 12.1 Å². The van der Waals surface area contributed by atoms with Crippen molar-refractivity contribution in [2.24, 2.45) is 0 Å². The van der Waals surface area contributed by atoms with Crippen LogP contribution in [0.5, 0.6) is 11.5 Å². The highest BCUT2D eigenvalue weighted by Crippen LogP contribution is 2.34. The van der Waals surface area contributed by atoms with E-state index in [-0.39, 0.29) is 11.5 Å². The Morgan fingerprint density at radius 2 is 1.67 bits per heavy atom. The van der Waals surface area contributed by atoms with E-state index in [4.69, 9.17) is 9.84 Å². The van der Waals surface area contributed by atoms with Gasteiger partial charge in [-0.3, -0.25) is 0 Å². The van der Waals surface area contributed by atoms with Crippen LogP contribution in [0.4, 0.5) is 17.6 Å². The minimum absolute atomic E-state index is 0.110. The molecule has 0 aliphatic heterocycles. The zero-order chi connectivity index (χ0) is 15.6. The van der Waals surface area contributed by atoms with Crippen LogP contribution in [-0.2, 0) is 6.18 Å². The zero-order valence-electron chi connectivity index (χ0n) is 10.3. The summed E-state index contributed by atoms with van der Waals surface area (Å²) in [5.74, 6) is -2.23. The Bertz CT molecular complexity index is 663. The summed E-state index contributed by atoms with van der Waals surface area (Å²) in [5, 5.41) is 8.97. The van der Waals surface area contributed by atoms with Crippen molar-refractivity contribution in [2.75, 3.05) is 0 Å². The molecule has 2 aromatic rings. The number of rotatable bonds is 3. The molecule has 110 valence electrons. The van der Waals surface area contributed by atoms with Crippen LogP contribution in [0.1, 0.15) is 15.9 Å². The predicted molar refractivity (Wildman–Crippen MR) is 64.9 cm³/mol. The molecular weight excluding hydrogens is 292 g/mol. The molecule has 0 saturated carbocycles. The summed E-state index contributed by atoms with van der Waals surface area (Å²) in [6.07, 6.45) is -4.65. The van der Waals surface area contributed by atoms with E-state index in [1.807, 2.05) is 0 Å². The van der Waals surface area contributed by atoms with E-state index in [0.717, 1.165) is 18.2 Å². The van der Waals surface area contributed by atoms with Crippen molar-refractivity contribution >= 4 is 5.97 Å². The third kappa shape index (κ3) is 3.50. The van der Waals surface area contributed by atoms with Crippen molar-refractivity contribution in [3.8, 4) is 11.5 Å². The van der Waals surface area contributed by atoms with Gasteiger partial charge in [-0.25, -0.2) is 9.18 Å². The summed E-state index contributed by atoms with van der Waals surface area (Å²) in [6, 6.07) is 6.75. The van der Waals surface area contributed by atoms with Crippen molar-refractivity contribution in [3.63, 3.8) is 0 Å². The molecule has 0 saturated heterocycles. The Kier molecular flexibility index (Phi) is 3.84. The fraction of sp³-hybridized carbons (Fsp3) is 0.0714. The second-order valence-electron chi connectivity index (χ2n) is 4.07. The minimum Gasteiger partial charge on any atom is -0.478 e. The molecule has 21 heavy (non-hydrogen) atoms. The summed E-state index contributed by atoms with van der Waals surface area (Å²) in [4.78, 5) is 11.0. The van der Waals surface area contributed by atoms with Crippen molar-refractivity contribution in [1.82, 2.24) is 0 Å². The smallest absolute Gasteiger partial charge is 0.416 e. The zero-order valence-corrected chi connectivity index (χ0v) is 10.3. The van der Waals surface area contributed by atoms with Crippen molar-refractivity contribution in [2.45, 2.75) is 6.18 Å². The lowest BCUT2D eigenvalue weighted by molar-refractivity contribution is -0.137. The molecule has 0 amide bonds. The normalized spacial score (nSPS) is 11.2. The SMILES string of the molecule is O=C(O)c1cc(C(F)(F)F)ccc1Oc1ccc(F)cc1. The van der Waals surface area contributed by atoms with Crippen molar-refractivity contribution in [3.05, 3.63) is 59.4 Å². The topological polar surface area (TPSA) is 46.5 Å². The van der Waals surface area contributed by atoms with Crippen LogP contribution < -0.4 is 4.74 Å². The number of alkyl halides is 3. The minimum atomic E-state index is -4.65. The fourth-order valence-corrected chi connectivity index (χ4v) is 1.59. The Morgan fingerprint density at radius 3 is 2.19 bits per heavy atom. The number of benzene rings is 2. The summed E-state index contributed by atoms with van der Waals surface area (Å²) in [5.41, 5.74) is -1.72. The van der Waals surface area contributed by atoms with Gasteiger partial charge in [0, 0.05) is 0 Å². The first-order chi connectivity index (χ1) is 9.77. The second kappa shape index (κ2) is 5.43. The first kappa shape index (κ1) is 14.8. The summed E-state index contributed by atoms with van der Waals surface area (Å²) < 4.78 is 55.6. The van der Waals surface area contributed by atoms with Gasteiger partial charge in [0.25, 0.3) is 0 Å². The maximum absolute atomic E-state index is 12.7. The highest BCUT2D eigenvalue weighted by Gasteiger charge is 2.32. The standard InChI is InChI=1S/C14H8F4O3/c15-9-2-4-10(5-3-9)21-12-6-1-8(14(16,17)18)7-11(12)13(19)20/h1-7H,(H,19,20). The van der Waals surface area contributed by atoms with Gasteiger partial charge in [0.1, 0.15) is 22.9 Å². The molecule has 2 rings (SSSR count). The third-order valence-corrected chi connectivity index (χ3v) is 2.58. The van der Waals surface area contributed by atoms with Gasteiger partial charge < -0.3 is 9.84 Å². The van der Waals surface area contributed by atoms with Crippen LogP contribution in [0.2, 0.25) is 0 Å². The van der Waals surface area contributed by atoms with Crippen molar-refractivity contribution in [1.29, 1.82) is 0 Å². The van der Waals surface area contributed by atoms with Gasteiger partial charge in [-0.15, -0.1) is 0 Å². The highest BCUT2D eigenvalue weighted by atomic mass is 19.4. The molecule has 3 nitrogen and oxygen atoms in total. The Balaban J connectivity index is 2.39. The number of hydrogen-bond donors (Lipinski definition) is 1. The third-order valence-electron chi connectivity index (χ3n) is 2.58. The number of ether oxygens (including phenoxy) is 1. The lowest BCUT2D eigenvalue weighted by atomic mass is 10.1. The lowest BCUT2D eigenvalue weighted by Gasteiger charge is -2.12. The molecular formula is C14H8F4O3. The molecule has 0 fully saturated rings. The highest BCUT2D eigenvalue weighted by molar-refractivity contribution is 5.91. The molecule has 0 bridgehead atoms. The van der Waals surface area contributed by atoms with Crippen LogP contribution in [0.25, 0.3) is 0 Å². The molecule has 0 aromatic heterocycles. The van der Waals surface area contributed by atoms with Gasteiger partial charge >= 0.3 is 12.1 Å². The van der Waals surface area contributed by atoms with Gasteiger partial charge in [-0.1, -0.05) is 0 Å². The summed E-state index contributed by atoms with van der Waals surface area (Å²) in [6.45, 7) is 0. The van der Waals surface area contributed by atoms with E-state index in [0.29, 0.717) is 12.1 Å². The van der Waals surface area contributed by atoms with E-state index < -0.39 is 29.1 Å². The molecule has 2 aromatic carbocycles. The van der Waals surface area contributed by atoms with E-state index in [9.17, 15) is 22.4 Å². The molecule has 0 unspecified atom stereocenters. The summed E-state index contributed by atoms with van der Waals surface area (Å²) >= 11 is 0. The molecule has 7 heteroatoms. The molecule has 0 heterocycles. The number of aromatic carboxylic acids is 1. The number of halogens is 4. The van der Waals surface area contributed by atoms with Gasteiger partial charge in [0.15, 0.2) is 0 Å². The fourth-order valence-electron chi connectivity index (χ4n) is 1.59. The van der Waals surface area contributed by atoms with E-state index in [2.05, 4.69) is 0 Å². The Morgan fingerprint density at radius 1 is 1.05 bits per heavy atom. The quantitative estimate of drug-likeness (QED) is 0.858. The van der Waals surface area contributed by atoms with E-state index in [1.54, 1.807) is 0 Å². The summed E-state index contributed by atoms with van der Waals surface area (Å²) in [7, 11) is 0. The number of hydrogen-bond acceptors (Lipinski definition) is 2. The molecule has 0 spiro atoms.